The van der Waals surface area contributed by atoms with E-state index in [0.717, 1.165) is 5.57 Å². The number of halogens is 1. The predicted octanol–water partition coefficient (Wildman–Crippen LogP) is 1.83. The van der Waals surface area contributed by atoms with Crippen LogP contribution in [0, 0.1) is 5.92 Å². The Morgan fingerprint density at radius 1 is 1.54 bits per heavy atom. The molecule has 0 saturated heterocycles. The number of aliphatic hydroxyl groups is 1. The van der Waals surface area contributed by atoms with Crippen molar-refractivity contribution < 1.29 is 9.90 Å². The number of rotatable bonds is 1. The highest BCUT2D eigenvalue weighted by molar-refractivity contribution is 9.10. The van der Waals surface area contributed by atoms with Crippen LogP contribution in [-0.4, -0.2) is 21.8 Å². The first-order valence-corrected chi connectivity index (χ1v) is 5.19. The minimum Gasteiger partial charge on any atom is -0.381 e. The molecule has 2 unspecified atom stereocenters. The number of carbonyl (C=O) groups excluding carboxylic acids is 1. The molecule has 1 N–H and O–H groups in total. The topological polar surface area (TPSA) is 37.3 Å². The molecule has 0 radical (unpaired) electrons. The molecule has 1 rings (SSSR count). The van der Waals surface area contributed by atoms with Gasteiger partial charge in [-0.3, -0.25) is 4.79 Å². The van der Waals surface area contributed by atoms with E-state index >= 15 is 0 Å². The molecule has 72 valence electrons. The van der Waals surface area contributed by atoms with Crippen LogP contribution in [0.25, 0.3) is 0 Å². The molecule has 2 atom stereocenters. The van der Waals surface area contributed by atoms with Crippen LogP contribution in [0.3, 0.4) is 0 Å². The van der Waals surface area contributed by atoms with Gasteiger partial charge in [-0.1, -0.05) is 41.9 Å². The van der Waals surface area contributed by atoms with Crippen molar-refractivity contribution in [3.8, 4) is 0 Å². The fourth-order valence-corrected chi connectivity index (χ4v) is 2.20. The molecule has 3 heteroatoms. The van der Waals surface area contributed by atoms with Gasteiger partial charge in [0.25, 0.3) is 0 Å². The summed E-state index contributed by atoms with van der Waals surface area (Å²) >= 11 is 3.29. The summed E-state index contributed by atoms with van der Waals surface area (Å²) in [4.78, 5) is 11.1. The van der Waals surface area contributed by atoms with E-state index in [4.69, 9.17) is 0 Å². The Balaban J connectivity index is 2.95. The van der Waals surface area contributed by atoms with Crippen molar-refractivity contribution in [3.63, 3.8) is 0 Å². The van der Waals surface area contributed by atoms with Crippen molar-refractivity contribution >= 4 is 21.7 Å². The van der Waals surface area contributed by atoms with Crippen LogP contribution in [0.2, 0.25) is 0 Å². The van der Waals surface area contributed by atoms with Gasteiger partial charge in [0.1, 0.15) is 6.10 Å². The number of alkyl halides is 1. The van der Waals surface area contributed by atoms with Gasteiger partial charge >= 0.3 is 0 Å². The van der Waals surface area contributed by atoms with Gasteiger partial charge in [-0.05, 0) is 17.6 Å². The smallest absolute Gasteiger partial charge is 0.182 e. The van der Waals surface area contributed by atoms with Gasteiger partial charge in [0.15, 0.2) is 5.78 Å². The summed E-state index contributed by atoms with van der Waals surface area (Å²) in [5, 5.41) is 9.33. The summed E-state index contributed by atoms with van der Waals surface area (Å²) < 4.78 is 0. The number of hydrogen-bond acceptors (Lipinski definition) is 2. The van der Waals surface area contributed by atoms with Gasteiger partial charge in [-0.2, -0.15) is 0 Å². The van der Waals surface area contributed by atoms with E-state index in [-0.39, 0.29) is 10.6 Å². The molecule has 0 aromatic carbocycles. The van der Waals surface area contributed by atoms with E-state index < -0.39 is 6.10 Å². The summed E-state index contributed by atoms with van der Waals surface area (Å²) in [5.74, 6) is 0.122. The second-order valence-corrected chi connectivity index (χ2v) is 4.33. The largest absolute Gasteiger partial charge is 0.381 e. The Labute approximate surface area is 86.5 Å². The highest BCUT2D eigenvalue weighted by Crippen LogP contribution is 2.24. The van der Waals surface area contributed by atoms with Crippen molar-refractivity contribution in [2.24, 2.45) is 5.92 Å². The molecule has 1 aliphatic rings. The zero-order valence-electron chi connectivity index (χ0n) is 7.70. The van der Waals surface area contributed by atoms with Gasteiger partial charge in [-0.25, -0.2) is 0 Å². The molecule has 0 fully saturated rings. The molecule has 0 aromatic heterocycles. The lowest BCUT2D eigenvalue weighted by molar-refractivity contribution is -0.123. The summed E-state index contributed by atoms with van der Waals surface area (Å²) in [6.45, 7) is 4.05. The molecule has 0 spiro atoms. The molecule has 0 saturated carbocycles. The highest BCUT2D eigenvalue weighted by atomic mass is 79.9. The van der Waals surface area contributed by atoms with Crippen LogP contribution in [0.1, 0.15) is 13.8 Å². The van der Waals surface area contributed by atoms with Crippen molar-refractivity contribution in [2.75, 3.05) is 0 Å². The van der Waals surface area contributed by atoms with Crippen LogP contribution in [0.15, 0.2) is 23.8 Å². The maximum atomic E-state index is 11.5. The third-order valence-electron chi connectivity index (χ3n) is 2.08. The van der Waals surface area contributed by atoms with Crippen LogP contribution in [-0.2, 0) is 4.79 Å². The average Bonchev–Trinajstić information content (AvgIpc) is 2.18. The Morgan fingerprint density at radius 2 is 2.15 bits per heavy atom. The second-order valence-electron chi connectivity index (χ2n) is 3.42. The first-order valence-electron chi connectivity index (χ1n) is 4.28. The van der Waals surface area contributed by atoms with Crippen LogP contribution in [0.4, 0.5) is 0 Å². The highest BCUT2D eigenvalue weighted by Gasteiger charge is 2.27. The van der Waals surface area contributed by atoms with E-state index in [1.165, 1.54) is 6.08 Å². The molecule has 0 bridgehead atoms. The predicted molar refractivity (Wildman–Crippen MR) is 55.8 cm³/mol. The van der Waals surface area contributed by atoms with Gasteiger partial charge in [0.05, 0.1) is 4.83 Å². The van der Waals surface area contributed by atoms with E-state index in [1.807, 2.05) is 19.9 Å². The Morgan fingerprint density at radius 3 is 2.69 bits per heavy atom. The maximum Gasteiger partial charge on any atom is 0.182 e. The average molecular weight is 245 g/mol. The summed E-state index contributed by atoms with van der Waals surface area (Å²) in [5.41, 5.74) is 1.01. The molecular weight excluding hydrogens is 232 g/mol. The molecule has 13 heavy (non-hydrogen) atoms. The van der Waals surface area contributed by atoms with Crippen molar-refractivity contribution in [3.05, 3.63) is 23.8 Å². The standard InChI is InChI=1S/C10H13BrO2/c1-6(2)7-4-3-5-8(12)10(13)9(7)11/h3-6,8-9,12H,1-2H3. The fraction of sp³-hybridized carbons (Fsp3) is 0.500. The van der Waals surface area contributed by atoms with Crippen molar-refractivity contribution in [1.82, 2.24) is 0 Å². The Hall–Kier alpha value is -0.410. The Bertz CT molecular complexity index is 266. The molecule has 0 aromatic rings. The van der Waals surface area contributed by atoms with E-state index in [2.05, 4.69) is 15.9 Å². The van der Waals surface area contributed by atoms with E-state index in [1.54, 1.807) is 6.08 Å². The van der Waals surface area contributed by atoms with Gasteiger partial charge < -0.3 is 5.11 Å². The lowest BCUT2D eigenvalue weighted by Crippen LogP contribution is -2.28. The lowest BCUT2D eigenvalue weighted by Gasteiger charge is -2.16. The van der Waals surface area contributed by atoms with Gasteiger partial charge in [0.2, 0.25) is 0 Å². The first-order chi connectivity index (χ1) is 6.04. The molecule has 1 aliphatic carbocycles. The molecule has 2 nitrogen and oxygen atoms in total. The third-order valence-corrected chi connectivity index (χ3v) is 3.06. The molecule has 0 heterocycles. The normalized spacial score (nSPS) is 29.0. The SMILES string of the molecule is CC(C)C1=CC=CC(O)C(=O)C1Br. The number of carbonyl (C=O) groups is 1. The molecule has 0 amide bonds. The number of hydrogen-bond donors (Lipinski definition) is 1. The molecule has 0 aliphatic heterocycles. The lowest BCUT2D eigenvalue weighted by atomic mass is 9.97. The quantitative estimate of drug-likeness (QED) is 0.715. The number of Topliss-reactive ketones (excluding diaryl/α,β-unsaturated/α-hetero) is 1. The zero-order chi connectivity index (χ0) is 10.0. The van der Waals surface area contributed by atoms with Gasteiger partial charge in [0, 0.05) is 0 Å². The molecular formula is C10H13BrO2. The van der Waals surface area contributed by atoms with Crippen molar-refractivity contribution in [2.45, 2.75) is 24.8 Å². The second kappa shape index (κ2) is 4.20. The summed E-state index contributed by atoms with van der Waals surface area (Å²) in [6, 6.07) is 0. The Kier molecular flexibility index (Phi) is 3.45. The maximum absolute atomic E-state index is 11.5. The monoisotopic (exact) mass is 244 g/mol. The number of aliphatic hydroxyl groups excluding tert-OH is 1. The van der Waals surface area contributed by atoms with Crippen LogP contribution < -0.4 is 0 Å². The van der Waals surface area contributed by atoms with E-state index in [0.29, 0.717) is 5.92 Å². The van der Waals surface area contributed by atoms with Crippen LogP contribution >= 0.6 is 15.9 Å². The zero-order valence-corrected chi connectivity index (χ0v) is 9.28. The number of ketones is 1. The fourth-order valence-electron chi connectivity index (χ4n) is 1.25. The van der Waals surface area contributed by atoms with Gasteiger partial charge in [-0.15, -0.1) is 0 Å². The minimum absolute atomic E-state index is 0.186. The van der Waals surface area contributed by atoms with Crippen molar-refractivity contribution in [1.29, 1.82) is 0 Å². The summed E-state index contributed by atoms with van der Waals surface area (Å²) in [6.07, 6.45) is 4.15. The minimum atomic E-state index is -0.975. The first kappa shape index (κ1) is 10.7. The third kappa shape index (κ3) is 2.29. The number of allylic oxidation sites excluding steroid dienone is 3. The summed E-state index contributed by atoms with van der Waals surface area (Å²) in [7, 11) is 0. The van der Waals surface area contributed by atoms with E-state index in [9.17, 15) is 9.90 Å². The van der Waals surface area contributed by atoms with Crippen LogP contribution in [0.5, 0.6) is 0 Å².